The lowest BCUT2D eigenvalue weighted by Crippen LogP contribution is -2.38. The minimum atomic E-state index is 0.671. The SMILES string of the molecule is CCNCc1cccnc1N(CC(C)C)C1CCCC1. The molecule has 0 atom stereocenters. The second-order valence-electron chi connectivity index (χ2n) is 6.25. The smallest absolute Gasteiger partial charge is 0.133 e. The first-order chi connectivity index (χ1) is 9.72. The number of aromatic nitrogens is 1. The van der Waals surface area contributed by atoms with Crippen molar-refractivity contribution in [2.24, 2.45) is 5.92 Å². The molecular weight excluding hydrogens is 246 g/mol. The van der Waals surface area contributed by atoms with E-state index >= 15 is 0 Å². The van der Waals surface area contributed by atoms with Gasteiger partial charge in [-0.1, -0.05) is 39.7 Å². The van der Waals surface area contributed by atoms with Gasteiger partial charge in [0.25, 0.3) is 0 Å². The monoisotopic (exact) mass is 275 g/mol. The molecule has 20 heavy (non-hydrogen) atoms. The Morgan fingerprint density at radius 2 is 2.10 bits per heavy atom. The maximum atomic E-state index is 4.72. The van der Waals surface area contributed by atoms with E-state index in [9.17, 15) is 0 Å². The number of anilines is 1. The highest BCUT2D eigenvalue weighted by Gasteiger charge is 2.25. The van der Waals surface area contributed by atoms with Crippen molar-refractivity contribution in [2.45, 2.75) is 59.0 Å². The summed E-state index contributed by atoms with van der Waals surface area (Å²) in [7, 11) is 0. The number of hydrogen-bond acceptors (Lipinski definition) is 3. The van der Waals surface area contributed by atoms with E-state index in [-0.39, 0.29) is 0 Å². The molecule has 0 spiro atoms. The lowest BCUT2D eigenvalue weighted by Gasteiger charge is -2.33. The minimum Gasteiger partial charge on any atom is -0.353 e. The molecule has 1 aliphatic carbocycles. The Balaban J connectivity index is 2.22. The number of rotatable bonds is 7. The van der Waals surface area contributed by atoms with Crippen LogP contribution in [-0.4, -0.2) is 24.1 Å². The molecule has 1 aliphatic rings. The second-order valence-corrected chi connectivity index (χ2v) is 6.25. The molecule has 1 saturated carbocycles. The van der Waals surface area contributed by atoms with Gasteiger partial charge in [0.2, 0.25) is 0 Å². The van der Waals surface area contributed by atoms with Gasteiger partial charge in [-0.3, -0.25) is 0 Å². The van der Waals surface area contributed by atoms with Crippen molar-refractivity contribution < 1.29 is 0 Å². The van der Waals surface area contributed by atoms with Gasteiger partial charge in [0.05, 0.1) is 0 Å². The fourth-order valence-electron chi connectivity index (χ4n) is 3.10. The third-order valence-electron chi connectivity index (χ3n) is 4.03. The summed E-state index contributed by atoms with van der Waals surface area (Å²) in [4.78, 5) is 7.29. The molecular formula is C17H29N3. The molecule has 1 aromatic rings. The molecule has 3 nitrogen and oxygen atoms in total. The van der Waals surface area contributed by atoms with E-state index in [0.717, 1.165) is 19.6 Å². The molecule has 112 valence electrons. The summed E-state index contributed by atoms with van der Waals surface area (Å²) in [6.07, 6.45) is 7.32. The van der Waals surface area contributed by atoms with Crippen molar-refractivity contribution in [2.75, 3.05) is 18.0 Å². The largest absolute Gasteiger partial charge is 0.353 e. The first-order valence-electron chi connectivity index (χ1n) is 8.13. The molecule has 0 bridgehead atoms. The van der Waals surface area contributed by atoms with Crippen molar-refractivity contribution in [3.05, 3.63) is 23.9 Å². The number of pyridine rings is 1. The van der Waals surface area contributed by atoms with Gasteiger partial charge in [-0.25, -0.2) is 4.98 Å². The fourth-order valence-corrected chi connectivity index (χ4v) is 3.10. The summed E-state index contributed by atoms with van der Waals surface area (Å²) in [6, 6.07) is 4.96. The Bertz CT molecular complexity index is 397. The first-order valence-corrected chi connectivity index (χ1v) is 8.13. The quantitative estimate of drug-likeness (QED) is 0.824. The zero-order chi connectivity index (χ0) is 14.4. The van der Waals surface area contributed by atoms with E-state index in [1.54, 1.807) is 0 Å². The van der Waals surface area contributed by atoms with Gasteiger partial charge < -0.3 is 10.2 Å². The third-order valence-corrected chi connectivity index (χ3v) is 4.03. The highest BCUT2D eigenvalue weighted by atomic mass is 15.2. The summed E-state index contributed by atoms with van der Waals surface area (Å²) in [5, 5.41) is 3.44. The van der Waals surface area contributed by atoms with Gasteiger partial charge >= 0.3 is 0 Å². The normalized spacial score (nSPS) is 16.0. The molecule has 1 aromatic heterocycles. The van der Waals surface area contributed by atoms with E-state index in [1.165, 1.54) is 37.1 Å². The molecule has 0 saturated heterocycles. The second kappa shape index (κ2) is 7.63. The van der Waals surface area contributed by atoms with Crippen molar-refractivity contribution in [3.8, 4) is 0 Å². The standard InChI is InChI=1S/C17H29N3/c1-4-18-12-15-8-7-11-19-17(15)20(13-14(2)3)16-9-5-6-10-16/h7-8,11,14,16,18H,4-6,9-10,12-13H2,1-3H3. The summed E-state index contributed by atoms with van der Waals surface area (Å²) in [5.74, 6) is 1.87. The molecule has 2 rings (SSSR count). The van der Waals surface area contributed by atoms with Crippen LogP contribution in [0.1, 0.15) is 52.0 Å². The van der Waals surface area contributed by atoms with E-state index in [0.29, 0.717) is 12.0 Å². The van der Waals surface area contributed by atoms with Crippen LogP contribution in [0.25, 0.3) is 0 Å². The number of nitrogens with zero attached hydrogens (tertiary/aromatic N) is 2. The summed E-state index contributed by atoms with van der Waals surface area (Å²) >= 11 is 0. The van der Waals surface area contributed by atoms with Crippen LogP contribution in [0.4, 0.5) is 5.82 Å². The maximum absolute atomic E-state index is 4.72. The Morgan fingerprint density at radius 1 is 1.35 bits per heavy atom. The molecule has 0 unspecified atom stereocenters. The summed E-state index contributed by atoms with van der Waals surface area (Å²) in [6.45, 7) is 9.78. The molecule has 1 N–H and O–H groups in total. The van der Waals surface area contributed by atoms with Crippen molar-refractivity contribution in [1.29, 1.82) is 0 Å². The lowest BCUT2D eigenvalue weighted by atomic mass is 10.1. The van der Waals surface area contributed by atoms with E-state index < -0.39 is 0 Å². The highest BCUT2D eigenvalue weighted by molar-refractivity contribution is 5.48. The van der Waals surface area contributed by atoms with E-state index in [2.05, 4.69) is 43.1 Å². The van der Waals surface area contributed by atoms with Gasteiger partial charge in [0.1, 0.15) is 5.82 Å². The molecule has 0 aliphatic heterocycles. The Kier molecular flexibility index (Phi) is 5.84. The van der Waals surface area contributed by atoms with Crippen LogP contribution in [0.5, 0.6) is 0 Å². The van der Waals surface area contributed by atoms with Gasteiger partial charge in [-0.15, -0.1) is 0 Å². The van der Waals surface area contributed by atoms with Gasteiger partial charge in [0, 0.05) is 30.9 Å². The molecule has 1 fully saturated rings. The van der Waals surface area contributed by atoms with Crippen molar-refractivity contribution >= 4 is 5.82 Å². The van der Waals surface area contributed by atoms with Crippen LogP contribution < -0.4 is 10.2 Å². The van der Waals surface area contributed by atoms with Crippen LogP contribution in [0.3, 0.4) is 0 Å². The fraction of sp³-hybridized carbons (Fsp3) is 0.706. The molecule has 0 aromatic carbocycles. The zero-order valence-corrected chi connectivity index (χ0v) is 13.2. The third kappa shape index (κ3) is 3.95. The Hall–Kier alpha value is -1.09. The van der Waals surface area contributed by atoms with Gasteiger partial charge in [-0.2, -0.15) is 0 Å². The molecule has 3 heteroatoms. The maximum Gasteiger partial charge on any atom is 0.133 e. The summed E-state index contributed by atoms with van der Waals surface area (Å²) < 4.78 is 0. The summed E-state index contributed by atoms with van der Waals surface area (Å²) in [5.41, 5.74) is 1.34. The predicted molar refractivity (Wildman–Crippen MR) is 86.1 cm³/mol. The highest BCUT2D eigenvalue weighted by Crippen LogP contribution is 2.29. The Labute approximate surface area is 123 Å². The predicted octanol–water partition coefficient (Wildman–Crippen LogP) is 3.60. The molecule has 1 heterocycles. The van der Waals surface area contributed by atoms with Gasteiger partial charge in [0.15, 0.2) is 0 Å². The molecule has 0 amide bonds. The first kappa shape index (κ1) is 15.3. The van der Waals surface area contributed by atoms with Crippen molar-refractivity contribution in [3.63, 3.8) is 0 Å². The van der Waals surface area contributed by atoms with Crippen LogP contribution in [-0.2, 0) is 6.54 Å². The average Bonchev–Trinajstić information content (AvgIpc) is 2.97. The lowest BCUT2D eigenvalue weighted by molar-refractivity contribution is 0.528. The minimum absolute atomic E-state index is 0.671. The Morgan fingerprint density at radius 3 is 2.75 bits per heavy atom. The van der Waals surface area contributed by atoms with Crippen LogP contribution in [0.2, 0.25) is 0 Å². The van der Waals surface area contributed by atoms with E-state index in [4.69, 9.17) is 4.98 Å². The number of hydrogen-bond donors (Lipinski definition) is 1. The number of nitrogens with one attached hydrogen (secondary N) is 1. The topological polar surface area (TPSA) is 28.2 Å². The average molecular weight is 275 g/mol. The molecule has 0 radical (unpaired) electrons. The van der Waals surface area contributed by atoms with Crippen LogP contribution >= 0.6 is 0 Å². The zero-order valence-electron chi connectivity index (χ0n) is 13.2. The van der Waals surface area contributed by atoms with Crippen LogP contribution in [0.15, 0.2) is 18.3 Å². The van der Waals surface area contributed by atoms with Gasteiger partial charge in [-0.05, 0) is 31.4 Å². The van der Waals surface area contributed by atoms with E-state index in [1.807, 2.05) is 6.20 Å². The van der Waals surface area contributed by atoms with Crippen LogP contribution in [0, 0.1) is 5.92 Å². The van der Waals surface area contributed by atoms with Crippen molar-refractivity contribution in [1.82, 2.24) is 10.3 Å².